The molecule has 0 saturated heterocycles. The minimum Gasteiger partial charge on any atom is -0.477 e. The fourth-order valence-electron chi connectivity index (χ4n) is 1.53. The largest absolute Gasteiger partial charge is 0.477 e. The van der Waals surface area contributed by atoms with Gasteiger partial charge in [-0.1, -0.05) is 6.07 Å². The lowest BCUT2D eigenvalue weighted by Crippen LogP contribution is -2.24. The number of hydrogen-bond donors (Lipinski definition) is 2. The lowest BCUT2D eigenvalue weighted by atomic mass is 10.3. The van der Waals surface area contributed by atoms with Crippen molar-refractivity contribution in [2.45, 2.75) is 19.9 Å². The van der Waals surface area contributed by atoms with E-state index in [1.807, 2.05) is 17.5 Å². The van der Waals surface area contributed by atoms with Gasteiger partial charge in [-0.3, -0.25) is 4.79 Å². The summed E-state index contributed by atoms with van der Waals surface area (Å²) >= 11 is 2.63. The topological polar surface area (TPSA) is 79.3 Å². The zero-order valence-corrected chi connectivity index (χ0v) is 11.8. The Bertz CT molecular complexity index is 590. The van der Waals surface area contributed by atoms with Gasteiger partial charge >= 0.3 is 5.97 Å². The number of aromatic nitrogens is 1. The van der Waals surface area contributed by atoms with Crippen LogP contribution < -0.4 is 5.32 Å². The highest BCUT2D eigenvalue weighted by Crippen LogP contribution is 2.17. The summed E-state index contributed by atoms with van der Waals surface area (Å²) in [6.07, 6.45) is 0.341. The SMILES string of the molecule is Cc1nc(CNC(=O)Cc2cccs2)sc1C(=O)O. The van der Waals surface area contributed by atoms with E-state index in [0.29, 0.717) is 17.1 Å². The molecule has 2 aromatic rings. The van der Waals surface area contributed by atoms with E-state index in [2.05, 4.69) is 10.3 Å². The Balaban J connectivity index is 1.90. The van der Waals surface area contributed by atoms with Crippen molar-refractivity contribution in [3.63, 3.8) is 0 Å². The van der Waals surface area contributed by atoms with E-state index >= 15 is 0 Å². The van der Waals surface area contributed by atoms with Crippen LogP contribution in [0.5, 0.6) is 0 Å². The Morgan fingerprint density at radius 1 is 1.47 bits per heavy atom. The van der Waals surface area contributed by atoms with Crippen LogP contribution in [0.1, 0.15) is 25.3 Å². The Hall–Kier alpha value is -1.73. The van der Waals surface area contributed by atoms with Crippen molar-refractivity contribution >= 4 is 34.6 Å². The Morgan fingerprint density at radius 3 is 2.84 bits per heavy atom. The van der Waals surface area contributed by atoms with Gasteiger partial charge in [-0.05, 0) is 18.4 Å². The molecule has 0 fully saturated rings. The molecule has 100 valence electrons. The van der Waals surface area contributed by atoms with E-state index in [1.165, 1.54) is 11.3 Å². The number of aryl methyl sites for hydroxylation is 1. The summed E-state index contributed by atoms with van der Waals surface area (Å²) in [4.78, 5) is 27.9. The molecule has 0 aliphatic carbocycles. The van der Waals surface area contributed by atoms with E-state index in [0.717, 1.165) is 16.2 Å². The number of thiophene rings is 1. The van der Waals surface area contributed by atoms with Crippen LogP contribution in [0, 0.1) is 6.92 Å². The molecule has 0 aromatic carbocycles. The third-order valence-electron chi connectivity index (χ3n) is 2.39. The van der Waals surface area contributed by atoms with Crippen LogP contribution in [0.25, 0.3) is 0 Å². The number of carboxylic acid groups (broad SMARTS) is 1. The van der Waals surface area contributed by atoms with Gasteiger partial charge < -0.3 is 10.4 Å². The Labute approximate surface area is 117 Å². The maximum Gasteiger partial charge on any atom is 0.347 e. The summed E-state index contributed by atoms with van der Waals surface area (Å²) in [5.41, 5.74) is 0.486. The van der Waals surface area contributed by atoms with Crippen LogP contribution >= 0.6 is 22.7 Å². The molecule has 1 amide bonds. The number of amides is 1. The van der Waals surface area contributed by atoms with E-state index in [9.17, 15) is 9.59 Å². The molecule has 0 radical (unpaired) electrons. The predicted molar refractivity (Wildman–Crippen MR) is 73.7 cm³/mol. The number of hydrogen-bond acceptors (Lipinski definition) is 5. The average Bonchev–Trinajstić information content (AvgIpc) is 2.96. The third-order valence-corrected chi connectivity index (χ3v) is 4.41. The molecule has 2 aromatic heterocycles. The second-order valence-electron chi connectivity index (χ2n) is 3.86. The highest BCUT2D eigenvalue weighted by molar-refractivity contribution is 7.13. The van der Waals surface area contributed by atoms with E-state index in [-0.39, 0.29) is 17.3 Å². The van der Waals surface area contributed by atoms with Gasteiger partial charge in [-0.2, -0.15) is 0 Å². The molecule has 0 saturated carbocycles. The van der Waals surface area contributed by atoms with Crippen LogP contribution in [0.4, 0.5) is 0 Å². The minimum absolute atomic E-state index is 0.0906. The van der Waals surface area contributed by atoms with Crippen molar-refractivity contribution in [2.24, 2.45) is 0 Å². The van der Waals surface area contributed by atoms with Crippen LogP contribution in [-0.4, -0.2) is 22.0 Å². The molecule has 0 unspecified atom stereocenters. The van der Waals surface area contributed by atoms with Crippen molar-refractivity contribution in [1.82, 2.24) is 10.3 Å². The quantitative estimate of drug-likeness (QED) is 0.885. The number of aromatic carboxylic acids is 1. The van der Waals surface area contributed by atoms with Crippen molar-refractivity contribution in [3.8, 4) is 0 Å². The summed E-state index contributed by atoms with van der Waals surface area (Å²) in [6.45, 7) is 1.92. The normalized spacial score (nSPS) is 10.4. The van der Waals surface area contributed by atoms with E-state index < -0.39 is 5.97 Å². The second kappa shape index (κ2) is 5.94. The molecule has 2 heterocycles. The molecule has 0 spiro atoms. The van der Waals surface area contributed by atoms with Crippen molar-refractivity contribution in [2.75, 3.05) is 0 Å². The van der Waals surface area contributed by atoms with Gasteiger partial charge in [0.25, 0.3) is 0 Å². The summed E-state index contributed by atoms with van der Waals surface area (Å²) in [7, 11) is 0. The first-order chi connectivity index (χ1) is 9.06. The van der Waals surface area contributed by atoms with Crippen LogP contribution in [0.15, 0.2) is 17.5 Å². The highest BCUT2D eigenvalue weighted by Gasteiger charge is 2.14. The zero-order chi connectivity index (χ0) is 13.8. The number of carboxylic acids is 1. The van der Waals surface area contributed by atoms with Gasteiger partial charge in [0.15, 0.2) is 0 Å². The molecule has 0 atom stereocenters. The molecule has 2 N–H and O–H groups in total. The molecule has 0 aliphatic heterocycles. The number of nitrogens with one attached hydrogen (secondary N) is 1. The summed E-state index contributed by atoms with van der Waals surface area (Å²) in [5.74, 6) is -1.07. The van der Waals surface area contributed by atoms with E-state index in [4.69, 9.17) is 5.11 Å². The van der Waals surface area contributed by atoms with E-state index in [1.54, 1.807) is 6.92 Å². The van der Waals surface area contributed by atoms with Gasteiger partial charge in [0.2, 0.25) is 5.91 Å². The first-order valence-electron chi connectivity index (χ1n) is 5.55. The lowest BCUT2D eigenvalue weighted by molar-refractivity contribution is -0.120. The second-order valence-corrected chi connectivity index (χ2v) is 5.98. The summed E-state index contributed by atoms with van der Waals surface area (Å²) in [5, 5.41) is 14.2. The van der Waals surface area contributed by atoms with Crippen LogP contribution in [-0.2, 0) is 17.8 Å². The van der Waals surface area contributed by atoms with Gasteiger partial charge in [-0.25, -0.2) is 9.78 Å². The van der Waals surface area contributed by atoms with Crippen molar-refractivity contribution < 1.29 is 14.7 Å². The standard InChI is InChI=1S/C12H12N2O3S2/c1-7-11(12(16)17)19-10(14-7)6-13-9(15)5-8-3-2-4-18-8/h2-4H,5-6H2,1H3,(H,13,15)(H,16,17). The third kappa shape index (κ3) is 3.62. The fourth-order valence-corrected chi connectivity index (χ4v) is 3.08. The molecular formula is C12H12N2O3S2. The maximum atomic E-state index is 11.7. The zero-order valence-electron chi connectivity index (χ0n) is 10.2. The first-order valence-corrected chi connectivity index (χ1v) is 7.24. The van der Waals surface area contributed by atoms with Gasteiger partial charge in [0, 0.05) is 4.88 Å². The molecule has 2 rings (SSSR count). The number of carbonyl (C=O) groups is 2. The van der Waals surface area contributed by atoms with Crippen LogP contribution in [0.3, 0.4) is 0 Å². The fraction of sp³-hybridized carbons (Fsp3) is 0.250. The first kappa shape index (κ1) is 13.7. The smallest absolute Gasteiger partial charge is 0.347 e. The highest BCUT2D eigenvalue weighted by atomic mass is 32.1. The summed E-state index contributed by atoms with van der Waals surface area (Å²) in [6, 6.07) is 3.80. The monoisotopic (exact) mass is 296 g/mol. The molecule has 0 aliphatic rings. The van der Waals surface area contributed by atoms with Gasteiger partial charge in [-0.15, -0.1) is 22.7 Å². The van der Waals surface area contributed by atoms with Crippen molar-refractivity contribution in [3.05, 3.63) is 38.0 Å². The number of rotatable bonds is 5. The minimum atomic E-state index is -0.980. The molecule has 19 heavy (non-hydrogen) atoms. The lowest BCUT2D eigenvalue weighted by Gasteiger charge is -2.01. The number of thiazole rings is 1. The Morgan fingerprint density at radius 2 is 2.26 bits per heavy atom. The molecule has 0 bridgehead atoms. The molecular weight excluding hydrogens is 284 g/mol. The molecule has 7 heteroatoms. The van der Waals surface area contributed by atoms with Crippen molar-refractivity contribution in [1.29, 1.82) is 0 Å². The van der Waals surface area contributed by atoms with Crippen LogP contribution in [0.2, 0.25) is 0 Å². The average molecular weight is 296 g/mol. The summed E-state index contributed by atoms with van der Waals surface area (Å²) < 4.78 is 0. The number of carbonyl (C=O) groups excluding carboxylic acids is 1. The predicted octanol–water partition coefficient (Wildman–Crippen LogP) is 2.07. The number of nitrogens with zero attached hydrogens (tertiary/aromatic N) is 1. The Kier molecular flexibility index (Phi) is 4.28. The van der Waals surface area contributed by atoms with Gasteiger partial charge in [0.05, 0.1) is 18.7 Å². The maximum absolute atomic E-state index is 11.7. The molecule has 5 nitrogen and oxygen atoms in total. The van der Waals surface area contributed by atoms with Gasteiger partial charge in [0.1, 0.15) is 9.88 Å².